The van der Waals surface area contributed by atoms with Gasteiger partial charge in [-0.15, -0.1) is 0 Å². The second-order valence-corrected chi connectivity index (χ2v) is 5.22. The largest absolute Gasteiger partial charge is 0.484 e. The van der Waals surface area contributed by atoms with Gasteiger partial charge in [0.05, 0.1) is 11.3 Å². The van der Waals surface area contributed by atoms with Crippen molar-refractivity contribution in [1.29, 1.82) is 5.26 Å². The smallest absolute Gasteiger partial charge is 0.262 e. The minimum absolute atomic E-state index is 0.0959. The third kappa shape index (κ3) is 4.10. The van der Waals surface area contributed by atoms with Crippen molar-refractivity contribution in [2.45, 2.75) is 19.8 Å². The van der Waals surface area contributed by atoms with Crippen LogP contribution >= 0.6 is 0 Å². The van der Waals surface area contributed by atoms with E-state index >= 15 is 0 Å². The first-order valence-corrected chi connectivity index (χ1v) is 7.12. The van der Waals surface area contributed by atoms with Crippen molar-refractivity contribution >= 4 is 11.6 Å². The first kappa shape index (κ1) is 15.6. The summed E-state index contributed by atoms with van der Waals surface area (Å²) in [6, 6.07) is 16.6. The number of rotatable bonds is 5. The van der Waals surface area contributed by atoms with Crippen LogP contribution in [0, 0.1) is 11.3 Å². The van der Waals surface area contributed by atoms with Crippen LogP contribution in [0.1, 0.15) is 30.9 Å². The second kappa shape index (κ2) is 7.28. The average molecular weight is 294 g/mol. The minimum atomic E-state index is -0.294. The number of carbonyl (C=O) groups excluding carboxylic acids is 1. The Labute approximate surface area is 130 Å². The summed E-state index contributed by atoms with van der Waals surface area (Å²) in [6.07, 6.45) is 0. The number of ether oxygens (including phenoxy) is 1. The maximum absolute atomic E-state index is 11.9. The quantitative estimate of drug-likeness (QED) is 0.914. The minimum Gasteiger partial charge on any atom is -0.484 e. The van der Waals surface area contributed by atoms with Crippen molar-refractivity contribution < 1.29 is 9.53 Å². The number of amides is 1. The first-order chi connectivity index (χ1) is 10.6. The third-order valence-electron chi connectivity index (χ3n) is 3.22. The molecule has 0 bridgehead atoms. The van der Waals surface area contributed by atoms with Crippen LogP contribution in [-0.2, 0) is 4.79 Å². The van der Waals surface area contributed by atoms with Gasteiger partial charge in [0.1, 0.15) is 11.8 Å². The Kier molecular flexibility index (Phi) is 5.16. The Morgan fingerprint density at radius 2 is 2.00 bits per heavy atom. The topological polar surface area (TPSA) is 62.1 Å². The van der Waals surface area contributed by atoms with Crippen molar-refractivity contribution in [3.63, 3.8) is 0 Å². The molecule has 1 N–H and O–H groups in total. The Hall–Kier alpha value is -2.80. The van der Waals surface area contributed by atoms with E-state index in [9.17, 15) is 4.79 Å². The molecule has 0 radical (unpaired) electrons. The zero-order chi connectivity index (χ0) is 15.9. The summed E-state index contributed by atoms with van der Waals surface area (Å²) in [4.78, 5) is 11.9. The van der Waals surface area contributed by atoms with Gasteiger partial charge in [0.2, 0.25) is 0 Å². The molecule has 0 aliphatic carbocycles. The Morgan fingerprint density at radius 1 is 1.23 bits per heavy atom. The van der Waals surface area contributed by atoms with Crippen molar-refractivity contribution in [3.05, 3.63) is 59.7 Å². The van der Waals surface area contributed by atoms with Crippen molar-refractivity contribution in [2.75, 3.05) is 11.9 Å². The van der Waals surface area contributed by atoms with Gasteiger partial charge >= 0.3 is 0 Å². The number of para-hydroxylation sites is 1. The Morgan fingerprint density at radius 3 is 2.73 bits per heavy atom. The van der Waals surface area contributed by atoms with Crippen LogP contribution < -0.4 is 10.1 Å². The highest BCUT2D eigenvalue weighted by Crippen LogP contribution is 2.20. The lowest BCUT2D eigenvalue weighted by Gasteiger charge is -2.10. The van der Waals surface area contributed by atoms with Crippen molar-refractivity contribution in [1.82, 2.24) is 0 Å². The molecule has 4 nitrogen and oxygen atoms in total. The van der Waals surface area contributed by atoms with Crippen molar-refractivity contribution in [3.8, 4) is 11.8 Å². The van der Waals surface area contributed by atoms with Gasteiger partial charge in [-0.25, -0.2) is 0 Å². The fourth-order valence-electron chi connectivity index (χ4n) is 1.99. The molecule has 0 atom stereocenters. The van der Waals surface area contributed by atoms with Gasteiger partial charge in [-0.3, -0.25) is 4.79 Å². The fourth-order valence-corrected chi connectivity index (χ4v) is 1.99. The molecule has 2 aromatic carbocycles. The lowest BCUT2D eigenvalue weighted by molar-refractivity contribution is -0.118. The maximum atomic E-state index is 11.9. The van der Waals surface area contributed by atoms with Gasteiger partial charge < -0.3 is 10.1 Å². The molecule has 4 heteroatoms. The van der Waals surface area contributed by atoms with Crippen LogP contribution in [0.2, 0.25) is 0 Å². The number of nitriles is 1. The lowest BCUT2D eigenvalue weighted by atomic mass is 10.0. The number of nitrogens with one attached hydrogen (secondary N) is 1. The summed E-state index contributed by atoms with van der Waals surface area (Å²) >= 11 is 0. The highest BCUT2D eigenvalue weighted by atomic mass is 16.5. The van der Waals surface area contributed by atoms with Crippen LogP contribution in [0.3, 0.4) is 0 Å². The van der Waals surface area contributed by atoms with Crippen LogP contribution in [0.15, 0.2) is 48.5 Å². The lowest BCUT2D eigenvalue weighted by Crippen LogP contribution is -2.20. The summed E-state index contributed by atoms with van der Waals surface area (Å²) in [7, 11) is 0. The predicted molar refractivity (Wildman–Crippen MR) is 85.8 cm³/mol. The molecule has 0 saturated heterocycles. The Bertz CT molecular complexity index is 702. The summed E-state index contributed by atoms with van der Waals surface area (Å²) < 4.78 is 5.51. The average Bonchev–Trinajstić information content (AvgIpc) is 2.53. The molecule has 0 aromatic heterocycles. The van der Waals surface area contributed by atoms with E-state index in [4.69, 9.17) is 10.00 Å². The molecule has 2 rings (SSSR count). The van der Waals surface area contributed by atoms with Gasteiger partial charge in [0, 0.05) is 0 Å². The van der Waals surface area contributed by atoms with E-state index in [2.05, 4.69) is 19.2 Å². The third-order valence-corrected chi connectivity index (χ3v) is 3.22. The van der Waals surface area contributed by atoms with Crippen LogP contribution in [0.5, 0.6) is 5.75 Å². The van der Waals surface area contributed by atoms with Gasteiger partial charge in [0.15, 0.2) is 6.61 Å². The van der Waals surface area contributed by atoms with E-state index in [1.54, 1.807) is 24.3 Å². The molecule has 0 fully saturated rings. The summed E-state index contributed by atoms with van der Waals surface area (Å²) in [5.41, 5.74) is 2.08. The van der Waals surface area contributed by atoms with E-state index in [1.807, 2.05) is 30.3 Å². The molecule has 0 aliphatic rings. The highest BCUT2D eigenvalue weighted by molar-refractivity contribution is 5.93. The monoisotopic (exact) mass is 294 g/mol. The first-order valence-electron chi connectivity index (χ1n) is 7.12. The van der Waals surface area contributed by atoms with E-state index in [0.717, 1.165) is 5.56 Å². The molecule has 1 amide bonds. The second-order valence-electron chi connectivity index (χ2n) is 5.22. The zero-order valence-electron chi connectivity index (χ0n) is 12.7. The van der Waals surface area contributed by atoms with E-state index in [0.29, 0.717) is 22.9 Å². The SMILES string of the molecule is CC(C)c1cccc(OCC(=O)Nc2ccccc2C#N)c1. The molecule has 22 heavy (non-hydrogen) atoms. The van der Waals surface area contributed by atoms with E-state index in [1.165, 1.54) is 0 Å². The van der Waals surface area contributed by atoms with E-state index < -0.39 is 0 Å². The molecule has 0 unspecified atom stereocenters. The van der Waals surface area contributed by atoms with Gasteiger partial charge in [-0.2, -0.15) is 5.26 Å². The van der Waals surface area contributed by atoms with Crippen molar-refractivity contribution in [2.24, 2.45) is 0 Å². The Balaban J connectivity index is 1.96. The van der Waals surface area contributed by atoms with Gasteiger partial charge in [0.25, 0.3) is 5.91 Å². The molecular formula is C18H18N2O2. The number of anilines is 1. The summed E-state index contributed by atoms with van der Waals surface area (Å²) in [5, 5.41) is 11.7. The fraction of sp³-hybridized carbons (Fsp3) is 0.222. The number of carbonyl (C=O) groups is 1. The normalized spacial score (nSPS) is 10.1. The molecule has 0 aliphatic heterocycles. The predicted octanol–water partition coefficient (Wildman–Crippen LogP) is 3.70. The summed E-state index contributed by atoms with van der Waals surface area (Å²) in [6.45, 7) is 4.11. The number of hydrogen-bond donors (Lipinski definition) is 1. The number of hydrogen-bond acceptors (Lipinski definition) is 3. The number of nitrogens with zero attached hydrogens (tertiary/aromatic N) is 1. The van der Waals surface area contributed by atoms with Gasteiger partial charge in [-0.05, 0) is 35.7 Å². The maximum Gasteiger partial charge on any atom is 0.262 e. The zero-order valence-corrected chi connectivity index (χ0v) is 12.7. The molecule has 2 aromatic rings. The van der Waals surface area contributed by atoms with Crippen LogP contribution in [0.25, 0.3) is 0 Å². The summed E-state index contributed by atoms with van der Waals surface area (Å²) in [5.74, 6) is 0.771. The van der Waals surface area contributed by atoms with Crippen LogP contribution in [-0.4, -0.2) is 12.5 Å². The molecular weight excluding hydrogens is 276 g/mol. The molecule has 0 heterocycles. The number of benzene rings is 2. The van der Waals surface area contributed by atoms with Crippen LogP contribution in [0.4, 0.5) is 5.69 Å². The molecule has 0 spiro atoms. The standard InChI is InChI=1S/C18H18N2O2/c1-13(2)14-7-5-8-16(10-14)22-12-18(21)20-17-9-4-3-6-15(17)11-19/h3-10,13H,12H2,1-2H3,(H,20,21). The molecule has 112 valence electrons. The van der Waals surface area contributed by atoms with E-state index in [-0.39, 0.29) is 12.5 Å². The van der Waals surface area contributed by atoms with Gasteiger partial charge in [-0.1, -0.05) is 38.1 Å². The highest BCUT2D eigenvalue weighted by Gasteiger charge is 2.08. The molecule has 0 saturated carbocycles.